The maximum atomic E-state index is 5.43. The molecule has 0 atom stereocenters. The van der Waals surface area contributed by atoms with Crippen LogP contribution >= 0.6 is 0 Å². The molecule has 0 spiro atoms. The third-order valence-electron chi connectivity index (χ3n) is 2.29. The van der Waals surface area contributed by atoms with Crippen LogP contribution in [0.3, 0.4) is 0 Å². The van der Waals surface area contributed by atoms with Gasteiger partial charge in [-0.2, -0.15) is 0 Å². The summed E-state index contributed by atoms with van der Waals surface area (Å²) in [5.74, 6) is 0. The number of methoxy groups -OCH3 is 1. The lowest BCUT2D eigenvalue weighted by atomic mass is 10.1. The van der Waals surface area contributed by atoms with Crippen LogP contribution in [-0.4, -0.2) is 27.7 Å². The van der Waals surface area contributed by atoms with E-state index in [0.29, 0.717) is 6.54 Å². The van der Waals surface area contributed by atoms with Gasteiger partial charge in [0.1, 0.15) is 0 Å². The number of aryl methyl sites for hydroxylation is 1. The maximum absolute atomic E-state index is 5.43. The molecule has 2 N–H and O–H groups in total. The van der Waals surface area contributed by atoms with Gasteiger partial charge in [0, 0.05) is 26.4 Å². The molecule has 14 heavy (non-hydrogen) atoms. The second kappa shape index (κ2) is 4.52. The van der Waals surface area contributed by atoms with Gasteiger partial charge in [0.25, 0.3) is 0 Å². The number of ether oxygens (including phenoxy) is 1. The second-order valence-corrected chi connectivity index (χ2v) is 3.89. The van der Waals surface area contributed by atoms with E-state index in [2.05, 4.69) is 10.3 Å². The van der Waals surface area contributed by atoms with E-state index in [0.717, 1.165) is 18.7 Å². The molecule has 0 bridgehead atoms. The SMILES string of the molecule is COC(C)(C)CCn1cc(CN)nn1. The number of nitrogens with zero attached hydrogens (tertiary/aromatic N) is 3. The first-order valence-corrected chi connectivity index (χ1v) is 4.71. The molecular weight excluding hydrogens is 180 g/mol. The van der Waals surface area contributed by atoms with Gasteiger partial charge in [0.2, 0.25) is 0 Å². The molecule has 1 aromatic heterocycles. The van der Waals surface area contributed by atoms with E-state index in [1.165, 1.54) is 0 Å². The number of aromatic nitrogens is 3. The number of rotatable bonds is 5. The van der Waals surface area contributed by atoms with Crippen LogP contribution in [0, 0.1) is 0 Å². The van der Waals surface area contributed by atoms with Crippen molar-refractivity contribution in [1.82, 2.24) is 15.0 Å². The van der Waals surface area contributed by atoms with Gasteiger partial charge in [0.05, 0.1) is 11.3 Å². The summed E-state index contributed by atoms with van der Waals surface area (Å²) in [7, 11) is 1.71. The van der Waals surface area contributed by atoms with Gasteiger partial charge in [0.15, 0.2) is 0 Å². The molecule has 1 aromatic rings. The second-order valence-electron chi connectivity index (χ2n) is 3.89. The van der Waals surface area contributed by atoms with Crippen LogP contribution < -0.4 is 5.73 Å². The maximum Gasteiger partial charge on any atom is 0.0962 e. The lowest BCUT2D eigenvalue weighted by molar-refractivity contribution is 0.0112. The normalized spacial score (nSPS) is 12.0. The highest BCUT2D eigenvalue weighted by molar-refractivity contribution is 4.90. The average molecular weight is 198 g/mol. The van der Waals surface area contributed by atoms with Crippen LogP contribution in [0.2, 0.25) is 0 Å². The van der Waals surface area contributed by atoms with Crippen molar-refractivity contribution in [1.29, 1.82) is 0 Å². The average Bonchev–Trinajstić information content (AvgIpc) is 2.63. The Balaban J connectivity index is 2.45. The molecule has 0 unspecified atom stereocenters. The van der Waals surface area contributed by atoms with Gasteiger partial charge < -0.3 is 10.5 Å². The molecule has 0 aliphatic heterocycles. The Morgan fingerprint density at radius 1 is 1.57 bits per heavy atom. The summed E-state index contributed by atoms with van der Waals surface area (Å²) >= 11 is 0. The van der Waals surface area contributed by atoms with Crippen LogP contribution in [0.5, 0.6) is 0 Å². The van der Waals surface area contributed by atoms with Crippen molar-refractivity contribution in [2.45, 2.75) is 39.0 Å². The summed E-state index contributed by atoms with van der Waals surface area (Å²) in [5, 5.41) is 7.86. The summed E-state index contributed by atoms with van der Waals surface area (Å²) < 4.78 is 7.10. The highest BCUT2D eigenvalue weighted by atomic mass is 16.5. The molecule has 0 aliphatic rings. The van der Waals surface area contributed by atoms with Gasteiger partial charge in [-0.1, -0.05) is 5.21 Å². The van der Waals surface area contributed by atoms with Crippen molar-refractivity contribution in [3.63, 3.8) is 0 Å². The molecule has 0 aliphatic carbocycles. The summed E-state index contributed by atoms with van der Waals surface area (Å²) in [4.78, 5) is 0. The molecule has 0 fully saturated rings. The standard InChI is InChI=1S/C9H18N4O/c1-9(2,14-3)4-5-13-7-8(6-10)11-12-13/h7H,4-6,10H2,1-3H3. The third-order valence-corrected chi connectivity index (χ3v) is 2.29. The summed E-state index contributed by atoms with van der Waals surface area (Å²) in [6.07, 6.45) is 2.77. The Kier molecular flexibility index (Phi) is 3.60. The lowest BCUT2D eigenvalue weighted by Gasteiger charge is -2.22. The Morgan fingerprint density at radius 3 is 2.79 bits per heavy atom. The molecule has 0 aromatic carbocycles. The van der Waals surface area contributed by atoms with E-state index in [1.807, 2.05) is 20.0 Å². The van der Waals surface area contributed by atoms with Crippen LogP contribution in [-0.2, 0) is 17.8 Å². The minimum Gasteiger partial charge on any atom is -0.379 e. The minimum atomic E-state index is -0.116. The van der Waals surface area contributed by atoms with Crippen LogP contribution in [0.4, 0.5) is 0 Å². The van der Waals surface area contributed by atoms with E-state index >= 15 is 0 Å². The van der Waals surface area contributed by atoms with Crippen molar-refractivity contribution in [2.75, 3.05) is 7.11 Å². The zero-order valence-corrected chi connectivity index (χ0v) is 9.03. The third kappa shape index (κ3) is 3.08. The predicted octanol–water partition coefficient (Wildman–Crippen LogP) is 0.552. The number of nitrogens with two attached hydrogens (primary N) is 1. The van der Waals surface area contributed by atoms with Crippen LogP contribution in [0.1, 0.15) is 26.0 Å². The molecule has 80 valence electrons. The van der Waals surface area contributed by atoms with Gasteiger partial charge in [-0.25, -0.2) is 0 Å². The van der Waals surface area contributed by atoms with Crippen LogP contribution in [0.15, 0.2) is 6.20 Å². The number of hydrogen-bond acceptors (Lipinski definition) is 4. The largest absolute Gasteiger partial charge is 0.379 e. The summed E-state index contributed by atoms with van der Waals surface area (Å²) in [6.45, 7) is 5.34. The zero-order chi connectivity index (χ0) is 10.6. The van der Waals surface area contributed by atoms with E-state index < -0.39 is 0 Å². The van der Waals surface area contributed by atoms with Crippen LogP contribution in [0.25, 0.3) is 0 Å². The fraction of sp³-hybridized carbons (Fsp3) is 0.778. The van der Waals surface area contributed by atoms with E-state index in [1.54, 1.807) is 11.8 Å². The summed E-state index contributed by atoms with van der Waals surface area (Å²) in [5.41, 5.74) is 6.13. The summed E-state index contributed by atoms with van der Waals surface area (Å²) in [6, 6.07) is 0. The lowest BCUT2D eigenvalue weighted by Crippen LogP contribution is -2.24. The predicted molar refractivity (Wildman–Crippen MR) is 53.6 cm³/mol. The minimum absolute atomic E-state index is 0.116. The van der Waals surface area contributed by atoms with Crippen molar-refractivity contribution in [2.24, 2.45) is 5.73 Å². The smallest absolute Gasteiger partial charge is 0.0962 e. The zero-order valence-electron chi connectivity index (χ0n) is 9.03. The van der Waals surface area contributed by atoms with Crippen molar-refractivity contribution >= 4 is 0 Å². The van der Waals surface area contributed by atoms with E-state index in [9.17, 15) is 0 Å². The van der Waals surface area contributed by atoms with E-state index in [-0.39, 0.29) is 5.60 Å². The highest BCUT2D eigenvalue weighted by Gasteiger charge is 2.16. The molecule has 0 saturated heterocycles. The van der Waals surface area contributed by atoms with Gasteiger partial charge >= 0.3 is 0 Å². The molecule has 1 heterocycles. The first-order valence-electron chi connectivity index (χ1n) is 4.71. The molecular formula is C9H18N4O. The first-order chi connectivity index (χ1) is 6.57. The fourth-order valence-corrected chi connectivity index (χ4v) is 1.03. The molecule has 0 amide bonds. The van der Waals surface area contributed by atoms with Crippen molar-refractivity contribution in [3.05, 3.63) is 11.9 Å². The Hall–Kier alpha value is -0.940. The number of hydrogen-bond donors (Lipinski definition) is 1. The molecule has 0 radical (unpaired) electrons. The van der Waals surface area contributed by atoms with Gasteiger partial charge in [-0.15, -0.1) is 5.10 Å². The molecule has 5 nitrogen and oxygen atoms in total. The van der Waals surface area contributed by atoms with Crippen molar-refractivity contribution in [3.8, 4) is 0 Å². The highest BCUT2D eigenvalue weighted by Crippen LogP contribution is 2.13. The topological polar surface area (TPSA) is 66.0 Å². The van der Waals surface area contributed by atoms with Gasteiger partial charge in [-0.3, -0.25) is 4.68 Å². The van der Waals surface area contributed by atoms with Crippen molar-refractivity contribution < 1.29 is 4.74 Å². The fourth-order valence-electron chi connectivity index (χ4n) is 1.03. The Labute approximate surface area is 84.2 Å². The van der Waals surface area contributed by atoms with E-state index in [4.69, 9.17) is 10.5 Å². The Bertz CT molecular complexity index is 282. The molecule has 1 rings (SSSR count). The monoisotopic (exact) mass is 198 g/mol. The Morgan fingerprint density at radius 2 is 2.29 bits per heavy atom. The first kappa shape index (κ1) is 11.1. The molecule has 5 heteroatoms. The quantitative estimate of drug-likeness (QED) is 0.750. The van der Waals surface area contributed by atoms with Gasteiger partial charge in [-0.05, 0) is 20.3 Å². The molecule has 0 saturated carbocycles.